The van der Waals surface area contributed by atoms with Gasteiger partial charge in [0, 0.05) is 17.5 Å². The number of thiophene rings is 1. The molecule has 0 radical (unpaired) electrons. The number of carbonyl (C=O) groups is 1. The second kappa shape index (κ2) is 4.40. The van der Waals surface area contributed by atoms with Crippen LogP contribution in [0.2, 0.25) is 0 Å². The average Bonchev–Trinajstić information content (AvgIpc) is 2.89. The first-order valence-corrected chi connectivity index (χ1v) is 8.15. The maximum Gasteiger partial charge on any atom is 0.281 e. The van der Waals surface area contributed by atoms with Crippen molar-refractivity contribution in [3.8, 4) is 0 Å². The fraction of sp³-hybridized carbons (Fsp3) is 0.600. The minimum absolute atomic E-state index is 0.125. The van der Waals surface area contributed by atoms with Crippen LogP contribution in [-0.2, 0) is 0 Å². The second-order valence-corrected chi connectivity index (χ2v) is 7.47. The van der Waals surface area contributed by atoms with Crippen LogP contribution in [0, 0.1) is 17.8 Å². The normalized spacial score (nSPS) is 38.0. The van der Waals surface area contributed by atoms with Crippen LogP contribution in [0.25, 0.3) is 0 Å². The van der Waals surface area contributed by atoms with Gasteiger partial charge in [0.15, 0.2) is 0 Å². The molecule has 4 aliphatic rings. The van der Waals surface area contributed by atoms with Crippen LogP contribution in [0.15, 0.2) is 22.6 Å². The zero-order valence-corrected chi connectivity index (χ0v) is 12.0. The monoisotopic (exact) mass is 290 g/mol. The fourth-order valence-corrected chi connectivity index (χ4v) is 5.10. The summed E-state index contributed by atoms with van der Waals surface area (Å²) in [6.07, 6.45) is 4.88. The van der Waals surface area contributed by atoms with Crippen molar-refractivity contribution in [1.29, 1.82) is 0 Å². The maximum absolute atomic E-state index is 11.9. The molecule has 2 N–H and O–H groups in total. The van der Waals surface area contributed by atoms with Crippen LogP contribution in [0.5, 0.6) is 0 Å². The molecule has 106 valence electrons. The van der Waals surface area contributed by atoms with Gasteiger partial charge in [-0.3, -0.25) is 4.79 Å². The lowest BCUT2D eigenvalue weighted by molar-refractivity contribution is -0.0825. The number of amides is 1. The molecule has 0 spiro atoms. The third-order valence-electron chi connectivity index (χ3n) is 5.03. The van der Waals surface area contributed by atoms with Crippen LogP contribution in [0.4, 0.5) is 0 Å². The molecule has 4 bridgehead atoms. The highest BCUT2D eigenvalue weighted by Gasteiger charge is 2.53. The van der Waals surface area contributed by atoms with Crippen molar-refractivity contribution in [3.05, 3.63) is 22.4 Å². The number of rotatable bonds is 2. The first kappa shape index (κ1) is 12.5. The fourth-order valence-electron chi connectivity index (χ4n) is 4.48. The molecular formula is C15H18N2O2S. The summed E-state index contributed by atoms with van der Waals surface area (Å²) in [4.78, 5) is 12.6. The minimum Gasteiger partial charge on any atom is -0.390 e. The van der Waals surface area contributed by atoms with Crippen molar-refractivity contribution in [1.82, 2.24) is 5.43 Å². The Morgan fingerprint density at radius 1 is 1.35 bits per heavy atom. The van der Waals surface area contributed by atoms with Gasteiger partial charge in [0.25, 0.3) is 5.91 Å². The van der Waals surface area contributed by atoms with Crippen LogP contribution < -0.4 is 5.43 Å². The summed E-state index contributed by atoms with van der Waals surface area (Å²) in [6, 6.07) is 3.67. The number of nitrogens with zero attached hydrogens (tertiary/aromatic N) is 1. The number of hydrazone groups is 1. The smallest absolute Gasteiger partial charge is 0.281 e. The highest BCUT2D eigenvalue weighted by molar-refractivity contribution is 7.12. The number of nitrogens with one attached hydrogen (secondary N) is 1. The van der Waals surface area contributed by atoms with E-state index in [4.69, 9.17) is 0 Å². The van der Waals surface area contributed by atoms with E-state index in [1.165, 1.54) is 11.3 Å². The first-order chi connectivity index (χ1) is 9.63. The molecule has 4 nitrogen and oxygen atoms in total. The second-order valence-electron chi connectivity index (χ2n) is 6.52. The van der Waals surface area contributed by atoms with Crippen LogP contribution in [-0.4, -0.2) is 22.3 Å². The quantitative estimate of drug-likeness (QED) is 0.822. The Morgan fingerprint density at radius 3 is 2.70 bits per heavy atom. The van der Waals surface area contributed by atoms with Gasteiger partial charge in [0.2, 0.25) is 0 Å². The lowest BCUT2D eigenvalue weighted by Gasteiger charge is -2.54. The van der Waals surface area contributed by atoms with Gasteiger partial charge in [-0.25, -0.2) is 5.43 Å². The molecule has 0 aliphatic heterocycles. The van der Waals surface area contributed by atoms with Gasteiger partial charge in [-0.2, -0.15) is 5.10 Å². The van der Waals surface area contributed by atoms with Crippen LogP contribution >= 0.6 is 11.3 Å². The molecule has 4 aliphatic carbocycles. The Morgan fingerprint density at radius 2 is 2.10 bits per heavy atom. The van der Waals surface area contributed by atoms with Crippen LogP contribution in [0.3, 0.4) is 0 Å². The molecule has 0 saturated heterocycles. The van der Waals surface area contributed by atoms with Gasteiger partial charge in [-0.1, -0.05) is 6.07 Å². The van der Waals surface area contributed by atoms with Crippen molar-refractivity contribution in [2.75, 3.05) is 0 Å². The standard InChI is InChI=1S/C15H18N2O2S/c18-14(12-2-1-3-20-12)17-16-13-10-4-9-5-11(13)8-15(19,6-9)7-10/h1-3,9-11,19H,4-8H2,(H,17,18). The number of aliphatic hydroxyl groups is 1. The Balaban J connectivity index is 1.52. The SMILES string of the molecule is O=C(NN=C1C2CC3CC1CC(O)(C3)C2)c1cccs1. The Labute approximate surface area is 121 Å². The zero-order valence-electron chi connectivity index (χ0n) is 11.2. The van der Waals surface area contributed by atoms with Crippen molar-refractivity contribution >= 4 is 23.0 Å². The zero-order chi connectivity index (χ0) is 13.7. The molecule has 1 heterocycles. The summed E-state index contributed by atoms with van der Waals surface area (Å²) < 4.78 is 0. The predicted octanol–water partition coefficient (Wildman–Crippen LogP) is 2.40. The molecule has 5 rings (SSSR count). The van der Waals surface area contributed by atoms with E-state index in [2.05, 4.69) is 10.5 Å². The summed E-state index contributed by atoms with van der Waals surface area (Å²) in [7, 11) is 0. The van der Waals surface area contributed by atoms with Crippen molar-refractivity contribution in [2.24, 2.45) is 22.9 Å². The molecule has 1 aromatic heterocycles. The molecule has 4 saturated carbocycles. The van der Waals surface area contributed by atoms with E-state index >= 15 is 0 Å². The molecule has 5 heteroatoms. The van der Waals surface area contributed by atoms with Crippen molar-refractivity contribution in [2.45, 2.75) is 37.7 Å². The lowest BCUT2D eigenvalue weighted by Crippen LogP contribution is -2.55. The van der Waals surface area contributed by atoms with E-state index in [1.807, 2.05) is 11.4 Å². The summed E-state index contributed by atoms with van der Waals surface area (Å²) in [5.74, 6) is 1.27. The molecule has 1 aromatic rings. The van der Waals surface area contributed by atoms with E-state index in [0.29, 0.717) is 22.6 Å². The molecule has 2 atom stereocenters. The largest absolute Gasteiger partial charge is 0.390 e. The summed E-state index contributed by atoms with van der Waals surface area (Å²) in [5, 5.41) is 16.8. The van der Waals surface area contributed by atoms with Gasteiger partial charge in [-0.15, -0.1) is 11.3 Å². The van der Waals surface area contributed by atoms with E-state index < -0.39 is 5.60 Å². The lowest BCUT2D eigenvalue weighted by atomic mass is 9.53. The van der Waals surface area contributed by atoms with Gasteiger partial charge >= 0.3 is 0 Å². The Bertz CT molecular complexity index is 548. The Kier molecular flexibility index (Phi) is 2.76. The maximum atomic E-state index is 11.9. The van der Waals surface area contributed by atoms with Crippen molar-refractivity contribution < 1.29 is 9.90 Å². The third kappa shape index (κ3) is 2.00. The predicted molar refractivity (Wildman–Crippen MR) is 77.7 cm³/mol. The highest BCUT2D eigenvalue weighted by atomic mass is 32.1. The Hall–Kier alpha value is -1.20. The topological polar surface area (TPSA) is 61.7 Å². The summed E-state index contributed by atoms with van der Waals surface area (Å²) >= 11 is 1.42. The van der Waals surface area contributed by atoms with Gasteiger partial charge < -0.3 is 5.11 Å². The molecule has 20 heavy (non-hydrogen) atoms. The van der Waals surface area contributed by atoms with E-state index in [1.54, 1.807) is 6.07 Å². The average molecular weight is 290 g/mol. The van der Waals surface area contributed by atoms with Gasteiger partial charge in [-0.05, 0) is 49.5 Å². The number of hydrogen-bond acceptors (Lipinski definition) is 4. The molecule has 1 amide bonds. The molecule has 0 aromatic carbocycles. The van der Waals surface area contributed by atoms with Gasteiger partial charge in [0.1, 0.15) is 0 Å². The summed E-state index contributed by atoms with van der Waals surface area (Å²) in [5.41, 5.74) is 3.37. The summed E-state index contributed by atoms with van der Waals surface area (Å²) in [6.45, 7) is 0. The van der Waals surface area contributed by atoms with E-state index in [0.717, 1.165) is 37.8 Å². The van der Waals surface area contributed by atoms with Crippen LogP contribution in [0.1, 0.15) is 41.8 Å². The number of carbonyl (C=O) groups excluding carboxylic acids is 1. The first-order valence-electron chi connectivity index (χ1n) is 7.27. The van der Waals surface area contributed by atoms with Gasteiger partial charge in [0.05, 0.1) is 10.5 Å². The van der Waals surface area contributed by atoms with E-state index in [9.17, 15) is 9.90 Å². The highest BCUT2D eigenvalue weighted by Crippen LogP contribution is 2.54. The number of hydrogen-bond donors (Lipinski definition) is 2. The van der Waals surface area contributed by atoms with Crippen molar-refractivity contribution in [3.63, 3.8) is 0 Å². The molecule has 2 unspecified atom stereocenters. The molecule has 4 fully saturated rings. The molecular weight excluding hydrogens is 272 g/mol. The van der Waals surface area contributed by atoms with E-state index in [-0.39, 0.29) is 5.91 Å². The third-order valence-corrected chi connectivity index (χ3v) is 5.89. The minimum atomic E-state index is -0.451.